The molecule has 1 aromatic heterocycles. The van der Waals surface area contributed by atoms with Gasteiger partial charge in [0.1, 0.15) is 11.6 Å². The van der Waals surface area contributed by atoms with Crippen molar-refractivity contribution in [2.24, 2.45) is 5.92 Å². The molecule has 8 heteroatoms. The SMILES string of the molecule is COc1ccccc1N1CC(C(=O)Nc2c3c(nn2-c2ccccc2C)CSC3)CC1=O. The van der Waals surface area contributed by atoms with Crippen LogP contribution in [-0.4, -0.2) is 35.2 Å². The quantitative estimate of drug-likeness (QED) is 0.640. The Morgan fingerprint density at radius 1 is 1.12 bits per heavy atom. The van der Waals surface area contributed by atoms with Crippen molar-refractivity contribution in [2.75, 3.05) is 23.9 Å². The van der Waals surface area contributed by atoms with Crippen LogP contribution in [0.2, 0.25) is 0 Å². The first-order valence-electron chi connectivity index (χ1n) is 10.6. The molecule has 2 aliphatic rings. The number of aromatic nitrogens is 2. The molecule has 3 heterocycles. The Morgan fingerprint density at radius 2 is 1.88 bits per heavy atom. The number of aryl methyl sites for hydroxylation is 1. The van der Waals surface area contributed by atoms with Crippen LogP contribution in [0.4, 0.5) is 11.5 Å². The van der Waals surface area contributed by atoms with Crippen LogP contribution in [-0.2, 0) is 21.1 Å². The number of hydrogen-bond donors (Lipinski definition) is 1. The minimum Gasteiger partial charge on any atom is -0.495 e. The number of fused-ring (bicyclic) bond motifs is 1. The highest BCUT2D eigenvalue weighted by Gasteiger charge is 2.37. The number of methoxy groups -OCH3 is 1. The normalized spacial score (nSPS) is 17.5. The van der Waals surface area contributed by atoms with E-state index < -0.39 is 5.92 Å². The Hall–Kier alpha value is -3.26. The van der Waals surface area contributed by atoms with Gasteiger partial charge in [-0.15, -0.1) is 0 Å². The minimum atomic E-state index is -0.447. The lowest BCUT2D eigenvalue weighted by molar-refractivity contribution is -0.122. The highest BCUT2D eigenvalue weighted by atomic mass is 32.2. The molecule has 2 aliphatic heterocycles. The van der Waals surface area contributed by atoms with E-state index in [1.807, 2.05) is 60.1 Å². The average molecular weight is 449 g/mol. The Bertz CT molecular complexity index is 1210. The van der Waals surface area contributed by atoms with Crippen LogP contribution in [0.25, 0.3) is 5.69 Å². The third-order valence-corrected chi connectivity index (χ3v) is 6.98. The lowest BCUT2D eigenvalue weighted by Gasteiger charge is -2.19. The van der Waals surface area contributed by atoms with Crippen LogP contribution < -0.4 is 15.0 Å². The molecule has 5 rings (SSSR count). The summed E-state index contributed by atoms with van der Waals surface area (Å²) in [6, 6.07) is 15.4. The first kappa shape index (κ1) is 20.6. The lowest BCUT2D eigenvalue weighted by Crippen LogP contribution is -2.29. The standard InChI is InChI=1S/C24H24N4O3S/c1-15-7-3-4-8-19(15)28-23(17-13-32-14-18(17)26-28)25-24(30)16-11-22(29)27(12-16)20-9-5-6-10-21(20)31-2/h3-10,16H,11-14H2,1-2H3,(H,25,30). The second-order valence-corrected chi connectivity index (χ2v) is 9.02. The second kappa shape index (κ2) is 8.35. The van der Waals surface area contributed by atoms with Gasteiger partial charge in [0.25, 0.3) is 0 Å². The third kappa shape index (κ3) is 3.54. The molecule has 0 radical (unpaired) electrons. The predicted molar refractivity (Wildman–Crippen MR) is 125 cm³/mol. The largest absolute Gasteiger partial charge is 0.495 e. The number of ether oxygens (including phenoxy) is 1. The molecule has 2 amide bonds. The molecule has 3 aromatic rings. The maximum absolute atomic E-state index is 13.3. The molecule has 0 bridgehead atoms. The fourth-order valence-electron chi connectivity index (χ4n) is 4.30. The smallest absolute Gasteiger partial charge is 0.230 e. The van der Waals surface area contributed by atoms with E-state index in [1.165, 1.54) is 0 Å². The first-order valence-corrected chi connectivity index (χ1v) is 11.7. The van der Waals surface area contributed by atoms with Gasteiger partial charge in [-0.1, -0.05) is 30.3 Å². The number of rotatable bonds is 5. The van der Waals surface area contributed by atoms with E-state index >= 15 is 0 Å². The summed E-state index contributed by atoms with van der Waals surface area (Å²) in [5.41, 5.74) is 4.79. The molecular weight excluding hydrogens is 424 g/mol. The second-order valence-electron chi connectivity index (χ2n) is 8.03. The summed E-state index contributed by atoms with van der Waals surface area (Å²) in [6.07, 6.45) is 0.166. The average Bonchev–Trinajstić information content (AvgIpc) is 3.50. The first-order chi connectivity index (χ1) is 15.6. The molecule has 1 N–H and O–H groups in total. The van der Waals surface area contributed by atoms with Gasteiger partial charge in [-0.2, -0.15) is 16.9 Å². The Balaban J connectivity index is 1.42. The van der Waals surface area contributed by atoms with Gasteiger partial charge < -0.3 is 15.0 Å². The minimum absolute atomic E-state index is 0.0807. The predicted octanol–water partition coefficient (Wildman–Crippen LogP) is 3.93. The maximum atomic E-state index is 13.3. The summed E-state index contributed by atoms with van der Waals surface area (Å²) in [6.45, 7) is 2.35. The zero-order valence-electron chi connectivity index (χ0n) is 18.0. The van der Waals surface area contributed by atoms with E-state index in [9.17, 15) is 9.59 Å². The number of benzene rings is 2. The number of amides is 2. The van der Waals surface area contributed by atoms with E-state index in [-0.39, 0.29) is 18.2 Å². The number of carbonyl (C=O) groups is 2. The van der Waals surface area contributed by atoms with Crippen molar-refractivity contribution in [1.29, 1.82) is 0 Å². The van der Waals surface area contributed by atoms with E-state index in [1.54, 1.807) is 23.8 Å². The molecule has 1 atom stereocenters. The number of thioether (sulfide) groups is 1. The van der Waals surface area contributed by atoms with Crippen molar-refractivity contribution >= 4 is 35.1 Å². The van der Waals surface area contributed by atoms with Crippen LogP contribution in [0.15, 0.2) is 48.5 Å². The molecule has 1 fully saturated rings. The highest BCUT2D eigenvalue weighted by Crippen LogP contribution is 2.38. The van der Waals surface area contributed by atoms with Gasteiger partial charge >= 0.3 is 0 Å². The highest BCUT2D eigenvalue weighted by molar-refractivity contribution is 7.98. The van der Waals surface area contributed by atoms with E-state index in [2.05, 4.69) is 5.32 Å². The van der Waals surface area contributed by atoms with E-state index in [4.69, 9.17) is 9.84 Å². The molecule has 32 heavy (non-hydrogen) atoms. The number of anilines is 2. The van der Waals surface area contributed by atoms with Crippen LogP contribution in [0.1, 0.15) is 23.2 Å². The molecule has 1 unspecified atom stereocenters. The number of hydrogen-bond acceptors (Lipinski definition) is 5. The Morgan fingerprint density at radius 3 is 2.66 bits per heavy atom. The van der Waals surface area contributed by atoms with Gasteiger partial charge in [-0.05, 0) is 30.7 Å². The van der Waals surface area contributed by atoms with Crippen molar-refractivity contribution in [3.63, 3.8) is 0 Å². The number of nitrogens with zero attached hydrogens (tertiary/aromatic N) is 3. The molecule has 1 saturated heterocycles. The van der Waals surface area contributed by atoms with E-state index in [0.717, 1.165) is 34.0 Å². The monoisotopic (exact) mass is 448 g/mol. The molecule has 2 aromatic carbocycles. The van der Waals surface area contributed by atoms with Gasteiger partial charge in [0.15, 0.2) is 0 Å². The summed E-state index contributed by atoms with van der Waals surface area (Å²) < 4.78 is 7.24. The zero-order valence-corrected chi connectivity index (χ0v) is 18.8. The van der Waals surface area contributed by atoms with Crippen molar-refractivity contribution in [3.05, 3.63) is 65.4 Å². The van der Waals surface area contributed by atoms with Gasteiger partial charge in [0.2, 0.25) is 11.8 Å². The molecule has 0 spiro atoms. The zero-order chi connectivity index (χ0) is 22.2. The van der Waals surface area contributed by atoms with Crippen LogP contribution >= 0.6 is 11.8 Å². The molecule has 0 aliphatic carbocycles. The van der Waals surface area contributed by atoms with Gasteiger partial charge in [-0.3, -0.25) is 9.59 Å². The third-order valence-electron chi connectivity index (χ3n) is 6.01. The molecule has 0 saturated carbocycles. The van der Waals surface area contributed by atoms with Crippen LogP contribution in [0, 0.1) is 12.8 Å². The summed E-state index contributed by atoms with van der Waals surface area (Å²) in [5, 5.41) is 7.91. The molecular formula is C24H24N4O3S. The fraction of sp³-hybridized carbons (Fsp3) is 0.292. The van der Waals surface area contributed by atoms with Crippen LogP contribution in [0.3, 0.4) is 0 Å². The Labute approximate surface area is 190 Å². The van der Waals surface area contributed by atoms with Crippen molar-refractivity contribution < 1.29 is 14.3 Å². The van der Waals surface area contributed by atoms with Crippen molar-refractivity contribution in [2.45, 2.75) is 24.9 Å². The summed E-state index contributed by atoms with van der Waals surface area (Å²) in [5.74, 6) is 2.29. The number of nitrogens with one attached hydrogen (secondary N) is 1. The summed E-state index contributed by atoms with van der Waals surface area (Å²) >= 11 is 1.79. The molecule has 7 nitrogen and oxygen atoms in total. The van der Waals surface area contributed by atoms with Crippen molar-refractivity contribution in [3.8, 4) is 11.4 Å². The fourth-order valence-corrected chi connectivity index (χ4v) is 5.34. The number of para-hydroxylation sites is 3. The topological polar surface area (TPSA) is 76.5 Å². The summed E-state index contributed by atoms with van der Waals surface area (Å²) in [7, 11) is 1.58. The van der Waals surface area contributed by atoms with Crippen molar-refractivity contribution in [1.82, 2.24) is 9.78 Å². The van der Waals surface area contributed by atoms with Gasteiger partial charge in [-0.25, -0.2) is 4.68 Å². The maximum Gasteiger partial charge on any atom is 0.230 e. The Kier molecular flexibility index (Phi) is 5.38. The lowest BCUT2D eigenvalue weighted by atomic mass is 10.1. The molecule has 164 valence electrons. The van der Waals surface area contributed by atoms with Gasteiger partial charge in [0.05, 0.1) is 30.1 Å². The number of carbonyl (C=O) groups excluding carboxylic acids is 2. The summed E-state index contributed by atoms with van der Waals surface area (Å²) in [4.78, 5) is 27.7. The van der Waals surface area contributed by atoms with Crippen LogP contribution in [0.5, 0.6) is 5.75 Å². The van der Waals surface area contributed by atoms with E-state index in [0.29, 0.717) is 23.8 Å². The van der Waals surface area contributed by atoms with Gasteiger partial charge in [0, 0.05) is 30.0 Å².